The first-order valence-corrected chi connectivity index (χ1v) is 11.7. The van der Waals surface area contributed by atoms with Gasteiger partial charge in [-0.15, -0.1) is 0 Å². The van der Waals surface area contributed by atoms with Crippen molar-refractivity contribution in [2.24, 2.45) is 40.4 Å². The Morgan fingerprint density at radius 2 is 1.81 bits per heavy atom. The fourth-order valence-corrected chi connectivity index (χ4v) is 8.66. The number of rotatable bonds is 4. The maximum absolute atomic E-state index is 12.8. The van der Waals surface area contributed by atoms with Crippen LogP contribution in [0.3, 0.4) is 0 Å². The minimum absolute atomic E-state index is 0.109. The molecule has 4 aliphatic carbocycles. The first kappa shape index (κ1) is 18.8. The van der Waals surface area contributed by atoms with Gasteiger partial charge in [-0.2, -0.15) is 0 Å². The summed E-state index contributed by atoms with van der Waals surface area (Å²) in [4.78, 5) is 12.8. The number of fused-ring (bicyclic) bond motifs is 5. The second-order valence-corrected chi connectivity index (χ2v) is 10.3. The van der Waals surface area contributed by atoms with Gasteiger partial charge in [0.05, 0.1) is 12.5 Å². The molecule has 0 amide bonds. The zero-order valence-electron chi connectivity index (χ0n) is 17.4. The molecule has 4 aliphatic rings. The van der Waals surface area contributed by atoms with E-state index in [0.717, 1.165) is 30.1 Å². The third-order valence-electron chi connectivity index (χ3n) is 9.67. The Balaban J connectivity index is 1.62. The fraction of sp³-hybridized carbons (Fsp3) is 0.958. The van der Waals surface area contributed by atoms with Crippen LogP contribution in [0.1, 0.15) is 97.8 Å². The van der Waals surface area contributed by atoms with Gasteiger partial charge in [0.25, 0.3) is 0 Å². The lowest BCUT2D eigenvalue weighted by Crippen LogP contribution is -2.54. The summed E-state index contributed by atoms with van der Waals surface area (Å²) in [5.74, 6) is 3.84. The highest BCUT2D eigenvalue weighted by Gasteiger charge is 2.61. The molecule has 0 aromatic heterocycles. The standard InChI is InChI=1S/C24H40O2/c1-4-19(22(25)26-5-2)24-15-8-10-21(24)18-12-11-17-9-6-7-14-23(17,3)20(18)13-16-24/h17-21H,4-16H2,1-3H3/t17?,18-,19?,20+,21+,23+,24+/m1/s1. The topological polar surface area (TPSA) is 26.3 Å². The fourth-order valence-electron chi connectivity index (χ4n) is 8.66. The van der Waals surface area contributed by atoms with Gasteiger partial charge in [-0.1, -0.05) is 33.1 Å². The average molecular weight is 361 g/mol. The van der Waals surface area contributed by atoms with Crippen LogP contribution in [-0.2, 0) is 9.53 Å². The van der Waals surface area contributed by atoms with Crippen molar-refractivity contribution in [1.82, 2.24) is 0 Å². The van der Waals surface area contributed by atoms with Gasteiger partial charge in [-0.3, -0.25) is 4.79 Å². The molecule has 0 aromatic rings. The van der Waals surface area contributed by atoms with Gasteiger partial charge in [-0.05, 0) is 99.2 Å². The third-order valence-corrected chi connectivity index (χ3v) is 9.67. The largest absolute Gasteiger partial charge is 0.466 e. The van der Waals surface area contributed by atoms with Gasteiger partial charge in [0.1, 0.15) is 0 Å². The van der Waals surface area contributed by atoms with Gasteiger partial charge in [0.15, 0.2) is 0 Å². The van der Waals surface area contributed by atoms with Crippen molar-refractivity contribution in [3.8, 4) is 0 Å². The van der Waals surface area contributed by atoms with Crippen molar-refractivity contribution in [2.75, 3.05) is 6.61 Å². The number of carbonyl (C=O) groups is 1. The van der Waals surface area contributed by atoms with Crippen molar-refractivity contribution in [2.45, 2.75) is 97.8 Å². The van der Waals surface area contributed by atoms with E-state index >= 15 is 0 Å². The highest BCUT2D eigenvalue weighted by atomic mass is 16.5. The summed E-state index contributed by atoms with van der Waals surface area (Å²) < 4.78 is 5.55. The molecule has 4 fully saturated rings. The van der Waals surface area contributed by atoms with E-state index < -0.39 is 0 Å². The molecule has 148 valence electrons. The molecule has 0 saturated heterocycles. The minimum Gasteiger partial charge on any atom is -0.466 e. The predicted molar refractivity (Wildman–Crippen MR) is 106 cm³/mol. The maximum Gasteiger partial charge on any atom is 0.309 e. The molecule has 2 nitrogen and oxygen atoms in total. The third kappa shape index (κ3) is 2.68. The van der Waals surface area contributed by atoms with E-state index in [-0.39, 0.29) is 17.3 Å². The molecule has 0 aromatic carbocycles. The lowest BCUT2D eigenvalue weighted by atomic mass is 9.44. The van der Waals surface area contributed by atoms with Crippen molar-refractivity contribution in [1.29, 1.82) is 0 Å². The van der Waals surface area contributed by atoms with Gasteiger partial charge in [0.2, 0.25) is 0 Å². The van der Waals surface area contributed by atoms with Crippen molar-refractivity contribution in [3.63, 3.8) is 0 Å². The van der Waals surface area contributed by atoms with Crippen LogP contribution >= 0.6 is 0 Å². The van der Waals surface area contributed by atoms with Crippen LogP contribution in [0.15, 0.2) is 0 Å². The maximum atomic E-state index is 12.8. The van der Waals surface area contributed by atoms with E-state index in [1.165, 1.54) is 70.6 Å². The summed E-state index contributed by atoms with van der Waals surface area (Å²) in [5.41, 5.74) is 0.863. The van der Waals surface area contributed by atoms with Gasteiger partial charge in [0, 0.05) is 0 Å². The second-order valence-electron chi connectivity index (χ2n) is 10.3. The molecule has 0 heterocycles. The number of hydrogen-bond acceptors (Lipinski definition) is 2. The van der Waals surface area contributed by atoms with E-state index in [0.29, 0.717) is 12.0 Å². The Hall–Kier alpha value is -0.530. The molecule has 0 N–H and O–H groups in total. The minimum atomic E-state index is 0.109. The van der Waals surface area contributed by atoms with Crippen LogP contribution < -0.4 is 0 Å². The highest BCUT2D eigenvalue weighted by molar-refractivity contribution is 5.73. The van der Waals surface area contributed by atoms with Crippen molar-refractivity contribution >= 4 is 5.97 Å². The summed E-state index contributed by atoms with van der Waals surface area (Å²) in [6, 6.07) is 0. The molecule has 4 rings (SSSR count). The van der Waals surface area contributed by atoms with Crippen LogP contribution in [0.5, 0.6) is 0 Å². The molecule has 2 heteroatoms. The normalized spacial score (nSPS) is 46.0. The van der Waals surface area contributed by atoms with Crippen molar-refractivity contribution < 1.29 is 9.53 Å². The Labute approximate surface area is 160 Å². The molecule has 26 heavy (non-hydrogen) atoms. The zero-order chi connectivity index (χ0) is 18.4. The van der Waals surface area contributed by atoms with Gasteiger partial charge >= 0.3 is 5.97 Å². The lowest BCUT2D eigenvalue weighted by molar-refractivity contribution is -0.165. The Kier molecular flexibility index (Phi) is 5.16. The van der Waals surface area contributed by atoms with E-state index in [1.807, 2.05) is 6.92 Å². The zero-order valence-corrected chi connectivity index (χ0v) is 17.4. The Morgan fingerprint density at radius 3 is 2.58 bits per heavy atom. The van der Waals surface area contributed by atoms with E-state index in [9.17, 15) is 4.79 Å². The molecular formula is C24H40O2. The average Bonchev–Trinajstić information content (AvgIpc) is 3.07. The summed E-state index contributed by atoms with van der Waals surface area (Å²) in [7, 11) is 0. The number of esters is 1. The van der Waals surface area contributed by atoms with Gasteiger partial charge < -0.3 is 4.74 Å². The molecular weight excluding hydrogens is 320 g/mol. The van der Waals surface area contributed by atoms with E-state index in [2.05, 4.69) is 13.8 Å². The van der Waals surface area contributed by atoms with Crippen LogP contribution in [-0.4, -0.2) is 12.6 Å². The number of carbonyl (C=O) groups excluding carboxylic acids is 1. The summed E-state index contributed by atoms with van der Waals surface area (Å²) in [6.07, 6.45) is 16.4. The molecule has 0 radical (unpaired) electrons. The van der Waals surface area contributed by atoms with Gasteiger partial charge in [-0.25, -0.2) is 0 Å². The molecule has 0 spiro atoms. The second kappa shape index (κ2) is 7.13. The Morgan fingerprint density at radius 1 is 0.962 bits per heavy atom. The summed E-state index contributed by atoms with van der Waals surface area (Å²) >= 11 is 0. The first-order valence-electron chi connectivity index (χ1n) is 11.7. The number of hydrogen-bond donors (Lipinski definition) is 0. The van der Waals surface area contributed by atoms with Crippen LogP contribution in [0.4, 0.5) is 0 Å². The SMILES string of the molecule is CCOC(=O)C(CC)[C@@]12CCC[C@H]1[C@@H]1CCC3CCCC[C@]3(C)[C@H]1CC2. The number of ether oxygens (including phenoxy) is 1. The highest BCUT2D eigenvalue weighted by Crippen LogP contribution is 2.68. The van der Waals surface area contributed by atoms with E-state index in [4.69, 9.17) is 4.74 Å². The molecule has 0 bridgehead atoms. The van der Waals surface area contributed by atoms with Crippen molar-refractivity contribution in [3.05, 3.63) is 0 Å². The molecule has 0 aliphatic heterocycles. The van der Waals surface area contributed by atoms with E-state index in [1.54, 1.807) is 0 Å². The molecule has 7 atom stereocenters. The van der Waals surface area contributed by atoms with Crippen LogP contribution in [0.2, 0.25) is 0 Å². The van der Waals surface area contributed by atoms with Crippen LogP contribution in [0.25, 0.3) is 0 Å². The first-order chi connectivity index (χ1) is 12.6. The summed E-state index contributed by atoms with van der Waals surface area (Å²) in [6.45, 7) is 7.35. The Bertz CT molecular complexity index is 528. The molecule has 2 unspecified atom stereocenters. The lowest BCUT2D eigenvalue weighted by Gasteiger charge is -2.61. The summed E-state index contributed by atoms with van der Waals surface area (Å²) in [5, 5.41) is 0. The molecule has 4 saturated carbocycles. The quantitative estimate of drug-likeness (QED) is 0.544. The monoisotopic (exact) mass is 360 g/mol. The van der Waals surface area contributed by atoms with Crippen LogP contribution in [0, 0.1) is 40.4 Å². The predicted octanol–water partition coefficient (Wildman–Crippen LogP) is 6.38. The smallest absolute Gasteiger partial charge is 0.309 e.